The van der Waals surface area contributed by atoms with E-state index in [1.165, 1.54) is 0 Å². The Bertz CT molecular complexity index is 907. The van der Waals surface area contributed by atoms with Crippen LogP contribution in [0.4, 0.5) is 0 Å². The van der Waals surface area contributed by atoms with E-state index >= 15 is 0 Å². The Morgan fingerprint density at radius 3 is 2.65 bits per heavy atom. The Morgan fingerprint density at radius 1 is 0.957 bits per heavy atom. The molecule has 0 N–H and O–H groups in total. The quantitative estimate of drug-likeness (QED) is 0.687. The molecule has 0 amide bonds. The molecule has 0 fully saturated rings. The van der Waals surface area contributed by atoms with Gasteiger partial charge in [0.15, 0.2) is 5.60 Å². The highest BCUT2D eigenvalue weighted by Crippen LogP contribution is 2.55. The van der Waals surface area contributed by atoms with E-state index in [1.54, 1.807) is 0 Å². The van der Waals surface area contributed by atoms with Crippen LogP contribution >= 0.6 is 0 Å². The summed E-state index contributed by atoms with van der Waals surface area (Å²) in [5, 5.41) is 0. The van der Waals surface area contributed by atoms with Crippen molar-refractivity contribution in [2.45, 2.75) is 18.4 Å². The average molecular weight is 302 g/mol. The minimum atomic E-state index is -0.845. The first-order chi connectivity index (χ1) is 11.3. The van der Waals surface area contributed by atoms with Gasteiger partial charge in [0, 0.05) is 16.7 Å². The van der Waals surface area contributed by atoms with Gasteiger partial charge in [-0.05, 0) is 31.1 Å². The molecule has 0 bridgehead atoms. The van der Waals surface area contributed by atoms with Crippen molar-refractivity contribution in [2.75, 3.05) is 0 Å². The molecule has 1 atom stereocenters. The number of ether oxygens (including phenoxy) is 2. The standard InChI is InChI=1S/C20H14O3/c21-19-13-7-1-2-8-14(13)20(23-19)15-9-3-5-11-17(15)22-18-12-6-4-10-16(18)20/h1-3,5-9,11-12H,4,10H2. The molecule has 2 heterocycles. The monoisotopic (exact) mass is 302 g/mol. The van der Waals surface area contributed by atoms with Gasteiger partial charge in [-0.25, -0.2) is 4.79 Å². The van der Waals surface area contributed by atoms with Crippen LogP contribution in [0.3, 0.4) is 0 Å². The maximum absolute atomic E-state index is 12.5. The fourth-order valence-corrected chi connectivity index (χ4v) is 3.86. The van der Waals surface area contributed by atoms with E-state index in [0.29, 0.717) is 5.56 Å². The van der Waals surface area contributed by atoms with Gasteiger partial charge in [-0.15, -0.1) is 0 Å². The topological polar surface area (TPSA) is 35.5 Å². The fraction of sp³-hybridized carbons (Fsp3) is 0.150. The summed E-state index contributed by atoms with van der Waals surface area (Å²) >= 11 is 0. The van der Waals surface area contributed by atoms with E-state index in [0.717, 1.165) is 41.1 Å². The van der Waals surface area contributed by atoms with Crippen molar-refractivity contribution < 1.29 is 14.3 Å². The molecule has 3 heteroatoms. The van der Waals surface area contributed by atoms with Gasteiger partial charge >= 0.3 is 5.97 Å². The molecule has 23 heavy (non-hydrogen) atoms. The van der Waals surface area contributed by atoms with E-state index in [4.69, 9.17) is 9.47 Å². The number of carbonyl (C=O) groups is 1. The summed E-state index contributed by atoms with van der Waals surface area (Å²) in [6.07, 6.45) is 5.84. The van der Waals surface area contributed by atoms with Crippen LogP contribution in [0.2, 0.25) is 0 Å². The van der Waals surface area contributed by atoms with E-state index in [2.05, 4.69) is 6.08 Å². The van der Waals surface area contributed by atoms with Crippen molar-refractivity contribution in [3.8, 4) is 5.75 Å². The Kier molecular flexibility index (Phi) is 2.41. The molecule has 0 saturated heterocycles. The molecule has 2 aromatic carbocycles. The molecule has 3 nitrogen and oxygen atoms in total. The Morgan fingerprint density at radius 2 is 1.74 bits per heavy atom. The lowest BCUT2D eigenvalue weighted by Crippen LogP contribution is -2.36. The predicted octanol–water partition coefficient (Wildman–Crippen LogP) is 4.10. The minimum Gasteiger partial charge on any atom is -0.457 e. The maximum atomic E-state index is 12.5. The van der Waals surface area contributed by atoms with Crippen molar-refractivity contribution in [2.24, 2.45) is 0 Å². The summed E-state index contributed by atoms with van der Waals surface area (Å²) in [4.78, 5) is 12.5. The molecule has 5 rings (SSSR count). The first kappa shape index (κ1) is 12.7. The van der Waals surface area contributed by atoms with Crippen LogP contribution in [0.5, 0.6) is 5.75 Å². The molecule has 1 spiro atoms. The van der Waals surface area contributed by atoms with Crippen molar-refractivity contribution in [1.82, 2.24) is 0 Å². The second-order valence-corrected chi connectivity index (χ2v) is 6.00. The smallest absolute Gasteiger partial charge is 0.340 e. The van der Waals surface area contributed by atoms with Crippen molar-refractivity contribution in [1.29, 1.82) is 0 Å². The van der Waals surface area contributed by atoms with Crippen LogP contribution in [0.25, 0.3) is 0 Å². The number of allylic oxidation sites excluding steroid dienone is 2. The van der Waals surface area contributed by atoms with Crippen LogP contribution < -0.4 is 4.74 Å². The number of rotatable bonds is 0. The molecule has 0 aromatic heterocycles. The van der Waals surface area contributed by atoms with Gasteiger partial charge in [-0.2, -0.15) is 0 Å². The molecule has 0 saturated carbocycles. The highest BCUT2D eigenvalue weighted by molar-refractivity contribution is 5.96. The Labute approximate surface area is 133 Å². The minimum absolute atomic E-state index is 0.265. The van der Waals surface area contributed by atoms with Gasteiger partial charge in [0.25, 0.3) is 0 Å². The van der Waals surface area contributed by atoms with Gasteiger partial charge in [0.1, 0.15) is 11.5 Å². The molecule has 112 valence electrons. The number of para-hydroxylation sites is 1. The van der Waals surface area contributed by atoms with Gasteiger partial charge in [0.2, 0.25) is 0 Å². The molecule has 1 aliphatic carbocycles. The molecule has 1 unspecified atom stereocenters. The van der Waals surface area contributed by atoms with Crippen LogP contribution in [-0.2, 0) is 10.3 Å². The first-order valence-electron chi connectivity index (χ1n) is 7.81. The van der Waals surface area contributed by atoms with Gasteiger partial charge in [-0.3, -0.25) is 0 Å². The van der Waals surface area contributed by atoms with E-state index in [9.17, 15) is 4.79 Å². The molecule has 0 radical (unpaired) electrons. The zero-order chi connectivity index (χ0) is 15.4. The van der Waals surface area contributed by atoms with Gasteiger partial charge in [-0.1, -0.05) is 42.5 Å². The zero-order valence-electron chi connectivity index (χ0n) is 12.4. The summed E-state index contributed by atoms with van der Waals surface area (Å²) in [5.41, 5.74) is 2.67. The number of esters is 1. The summed E-state index contributed by atoms with van der Waals surface area (Å²) in [7, 11) is 0. The summed E-state index contributed by atoms with van der Waals surface area (Å²) < 4.78 is 12.1. The SMILES string of the molecule is O=C1OC2(C3=C(C=CCC3)Oc3ccccc32)c2ccccc21. The number of hydrogen-bond donors (Lipinski definition) is 0. The van der Waals surface area contributed by atoms with Crippen LogP contribution in [0.1, 0.15) is 34.3 Å². The molecular weight excluding hydrogens is 288 g/mol. The fourth-order valence-electron chi connectivity index (χ4n) is 3.86. The zero-order valence-corrected chi connectivity index (χ0v) is 12.4. The maximum Gasteiger partial charge on any atom is 0.340 e. The average Bonchev–Trinajstić information content (AvgIpc) is 2.90. The lowest BCUT2D eigenvalue weighted by Gasteiger charge is -2.38. The van der Waals surface area contributed by atoms with E-state index in [1.807, 2.05) is 54.6 Å². The number of fused-ring (bicyclic) bond motifs is 5. The van der Waals surface area contributed by atoms with Crippen molar-refractivity contribution >= 4 is 5.97 Å². The third-order valence-electron chi connectivity index (χ3n) is 4.81. The third-order valence-corrected chi connectivity index (χ3v) is 4.81. The second-order valence-electron chi connectivity index (χ2n) is 6.00. The lowest BCUT2D eigenvalue weighted by atomic mass is 9.75. The normalized spacial score (nSPS) is 23.9. The molecular formula is C20H14O3. The highest BCUT2D eigenvalue weighted by atomic mass is 16.6. The van der Waals surface area contributed by atoms with Crippen molar-refractivity contribution in [3.05, 3.63) is 88.7 Å². The van der Waals surface area contributed by atoms with Crippen LogP contribution in [0, 0.1) is 0 Å². The molecule has 2 aromatic rings. The summed E-state index contributed by atoms with van der Waals surface area (Å²) in [6, 6.07) is 15.5. The van der Waals surface area contributed by atoms with E-state index < -0.39 is 5.60 Å². The molecule has 3 aliphatic rings. The number of carbonyl (C=O) groups excluding carboxylic acids is 1. The largest absolute Gasteiger partial charge is 0.457 e. The van der Waals surface area contributed by atoms with Crippen molar-refractivity contribution in [3.63, 3.8) is 0 Å². The molecule has 2 aliphatic heterocycles. The number of benzene rings is 2. The summed E-state index contributed by atoms with van der Waals surface area (Å²) in [5.74, 6) is 1.29. The predicted molar refractivity (Wildman–Crippen MR) is 85.1 cm³/mol. The third kappa shape index (κ3) is 1.51. The second kappa shape index (κ2) is 4.35. The van der Waals surface area contributed by atoms with E-state index in [-0.39, 0.29) is 5.97 Å². The Hall–Kier alpha value is -2.81. The first-order valence-corrected chi connectivity index (χ1v) is 7.81. The highest BCUT2D eigenvalue weighted by Gasteiger charge is 2.54. The van der Waals surface area contributed by atoms with Gasteiger partial charge in [0.05, 0.1) is 5.56 Å². The van der Waals surface area contributed by atoms with Crippen LogP contribution in [0.15, 0.2) is 72.0 Å². The Balaban J connectivity index is 1.89. The summed E-state index contributed by atoms with van der Waals surface area (Å²) in [6.45, 7) is 0. The van der Waals surface area contributed by atoms with Crippen LogP contribution in [-0.4, -0.2) is 5.97 Å². The van der Waals surface area contributed by atoms with Gasteiger partial charge < -0.3 is 9.47 Å². The number of hydrogen-bond acceptors (Lipinski definition) is 3. The lowest BCUT2D eigenvalue weighted by molar-refractivity contribution is 0.0191.